The molecule has 2 nitrogen and oxygen atoms in total. The van der Waals surface area contributed by atoms with Crippen molar-refractivity contribution in [2.45, 2.75) is 13.0 Å². The van der Waals surface area contributed by atoms with E-state index in [1.165, 1.54) is 4.88 Å². The molecule has 1 N–H and O–H groups in total. The van der Waals surface area contributed by atoms with Crippen LogP contribution in [0.2, 0.25) is 15.1 Å². The minimum absolute atomic E-state index is 0.308. The highest BCUT2D eigenvalue weighted by atomic mass is 35.5. The maximum absolute atomic E-state index is 6.04. The van der Waals surface area contributed by atoms with Gasteiger partial charge < -0.3 is 10.1 Å². The fourth-order valence-electron chi connectivity index (χ4n) is 1.69. The molecule has 1 aromatic carbocycles. The zero-order valence-electron chi connectivity index (χ0n) is 10.8. The van der Waals surface area contributed by atoms with E-state index in [1.54, 1.807) is 23.5 Å². The van der Waals surface area contributed by atoms with Crippen LogP contribution in [0.1, 0.15) is 17.8 Å². The van der Waals surface area contributed by atoms with Crippen LogP contribution >= 0.6 is 46.1 Å². The number of nitrogens with one attached hydrogen (secondary N) is 1. The van der Waals surface area contributed by atoms with E-state index >= 15 is 0 Å². The number of benzene rings is 1. The van der Waals surface area contributed by atoms with Gasteiger partial charge in [0.25, 0.3) is 0 Å². The van der Waals surface area contributed by atoms with Crippen molar-refractivity contribution in [1.29, 1.82) is 0 Å². The third-order valence-electron chi connectivity index (χ3n) is 2.75. The third-order valence-corrected chi connectivity index (χ3v) is 4.83. The van der Waals surface area contributed by atoms with Crippen LogP contribution in [0.15, 0.2) is 29.6 Å². The van der Waals surface area contributed by atoms with Crippen molar-refractivity contribution < 1.29 is 4.74 Å². The zero-order chi connectivity index (χ0) is 14.5. The molecule has 1 aromatic heterocycles. The summed E-state index contributed by atoms with van der Waals surface area (Å²) in [5.74, 6) is 0.548. The molecule has 0 aliphatic rings. The summed E-state index contributed by atoms with van der Waals surface area (Å²) in [7, 11) is 0. The molecule has 0 aliphatic heterocycles. The lowest BCUT2D eigenvalue weighted by Crippen LogP contribution is -2.23. The number of hydrogen-bond donors (Lipinski definition) is 1. The Kier molecular flexibility index (Phi) is 6.00. The molecule has 0 spiro atoms. The van der Waals surface area contributed by atoms with E-state index in [2.05, 4.69) is 23.7 Å². The lowest BCUT2D eigenvalue weighted by molar-refractivity contribution is 0.308. The molecule has 0 saturated carbocycles. The van der Waals surface area contributed by atoms with E-state index in [9.17, 15) is 0 Å². The predicted octanol–water partition coefficient (Wildman–Crippen LogP) is 5.44. The highest BCUT2D eigenvalue weighted by molar-refractivity contribution is 7.10. The van der Waals surface area contributed by atoms with Crippen LogP contribution in [0.3, 0.4) is 0 Å². The largest absolute Gasteiger partial charge is 0.491 e. The second-order valence-corrected chi connectivity index (χ2v) is 6.44. The first kappa shape index (κ1) is 15.9. The van der Waals surface area contributed by atoms with Gasteiger partial charge in [-0.25, -0.2) is 0 Å². The van der Waals surface area contributed by atoms with Crippen molar-refractivity contribution in [2.24, 2.45) is 0 Å². The molecule has 0 aliphatic carbocycles. The quantitative estimate of drug-likeness (QED) is 0.553. The van der Waals surface area contributed by atoms with E-state index in [0.717, 1.165) is 6.54 Å². The molecular weight excluding hydrogens is 337 g/mol. The summed E-state index contributed by atoms with van der Waals surface area (Å²) in [6.07, 6.45) is 0. The maximum Gasteiger partial charge on any atom is 0.139 e. The van der Waals surface area contributed by atoms with Gasteiger partial charge in [0, 0.05) is 23.5 Å². The van der Waals surface area contributed by atoms with Crippen LogP contribution in [-0.2, 0) is 0 Å². The highest BCUT2D eigenvalue weighted by Gasteiger charge is 2.08. The van der Waals surface area contributed by atoms with Crippen LogP contribution in [0.4, 0.5) is 0 Å². The summed E-state index contributed by atoms with van der Waals surface area (Å²) < 4.78 is 5.61. The van der Waals surface area contributed by atoms with E-state index < -0.39 is 0 Å². The van der Waals surface area contributed by atoms with Crippen molar-refractivity contribution in [2.75, 3.05) is 13.2 Å². The number of rotatable bonds is 6. The summed E-state index contributed by atoms with van der Waals surface area (Å²) in [5, 5.41) is 6.78. The molecule has 1 unspecified atom stereocenters. The average Bonchev–Trinajstić information content (AvgIpc) is 2.94. The smallest absolute Gasteiger partial charge is 0.139 e. The lowest BCUT2D eigenvalue weighted by Gasteiger charge is -2.13. The molecule has 20 heavy (non-hydrogen) atoms. The van der Waals surface area contributed by atoms with Gasteiger partial charge in [-0.3, -0.25) is 0 Å². The molecule has 0 amide bonds. The van der Waals surface area contributed by atoms with Crippen LogP contribution in [-0.4, -0.2) is 13.2 Å². The van der Waals surface area contributed by atoms with E-state index in [-0.39, 0.29) is 0 Å². The number of halogens is 3. The lowest BCUT2D eigenvalue weighted by atomic mass is 10.3. The standard InChI is InChI=1S/C14H14Cl3NOS/c1-9(14-3-2-6-20-14)18-4-5-19-13-8-11(16)10(15)7-12(13)17/h2-3,6-9,18H,4-5H2,1H3. The van der Waals surface area contributed by atoms with Crippen molar-refractivity contribution in [3.05, 3.63) is 49.6 Å². The molecular formula is C14H14Cl3NOS. The van der Waals surface area contributed by atoms with E-state index in [4.69, 9.17) is 39.5 Å². The van der Waals surface area contributed by atoms with Gasteiger partial charge in [0.05, 0.1) is 15.1 Å². The van der Waals surface area contributed by atoms with Crippen LogP contribution in [0, 0.1) is 0 Å². The molecule has 0 saturated heterocycles. The van der Waals surface area contributed by atoms with Crippen molar-refractivity contribution in [3.8, 4) is 5.75 Å². The average molecular weight is 351 g/mol. The van der Waals surface area contributed by atoms with Gasteiger partial charge in [-0.1, -0.05) is 40.9 Å². The maximum atomic E-state index is 6.04. The molecule has 2 rings (SSSR count). The van der Waals surface area contributed by atoms with Crippen molar-refractivity contribution in [3.63, 3.8) is 0 Å². The third kappa shape index (κ3) is 4.27. The summed E-state index contributed by atoms with van der Waals surface area (Å²) in [6, 6.07) is 7.68. The Balaban J connectivity index is 1.80. The number of ether oxygens (including phenoxy) is 1. The van der Waals surface area contributed by atoms with Gasteiger partial charge >= 0.3 is 0 Å². The Bertz CT molecular complexity index is 560. The molecule has 108 valence electrons. The van der Waals surface area contributed by atoms with E-state index in [0.29, 0.717) is 33.5 Å². The Morgan fingerprint density at radius 3 is 2.65 bits per heavy atom. The topological polar surface area (TPSA) is 21.3 Å². The first-order valence-corrected chi connectivity index (χ1v) is 8.13. The minimum atomic E-state index is 0.308. The number of hydrogen-bond acceptors (Lipinski definition) is 3. The summed E-state index contributed by atoms with van der Waals surface area (Å²) >= 11 is 19.6. The number of thiophene rings is 1. The second-order valence-electron chi connectivity index (χ2n) is 4.24. The van der Waals surface area contributed by atoms with Gasteiger partial charge in [0.1, 0.15) is 12.4 Å². The fourth-order valence-corrected chi connectivity index (χ4v) is 3.04. The Labute approximate surface area is 137 Å². The first-order valence-electron chi connectivity index (χ1n) is 6.12. The predicted molar refractivity (Wildman–Crippen MR) is 87.7 cm³/mol. The first-order chi connectivity index (χ1) is 9.58. The van der Waals surface area contributed by atoms with Crippen LogP contribution < -0.4 is 10.1 Å². The fraction of sp³-hybridized carbons (Fsp3) is 0.286. The normalized spacial score (nSPS) is 12.4. The zero-order valence-corrected chi connectivity index (χ0v) is 13.9. The van der Waals surface area contributed by atoms with Crippen LogP contribution in [0.25, 0.3) is 0 Å². The molecule has 2 aromatic rings. The highest BCUT2D eigenvalue weighted by Crippen LogP contribution is 2.33. The Morgan fingerprint density at radius 1 is 1.20 bits per heavy atom. The Morgan fingerprint density at radius 2 is 1.95 bits per heavy atom. The molecule has 6 heteroatoms. The summed E-state index contributed by atoms with van der Waals surface area (Å²) in [5.41, 5.74) is 0. The molecule has 0 bridgehead atoms. The Hall–Kier alpha value is -0.450. The van der Waals surface area contributed by atoms with Crippen molar-refractivity contribution >= 4 is 46.1 Å². The molecule has 1 heterocycles. The van der Waals surface area contributed by atoms with Gasteiger partial charge in [0.15, 0.2) is 0 Å². The SMILES string of the molecule is CC(NCCOc1cc(Cl)c(Cl)cc1Cl)c1cccs1. The molecule has 0 radical (unpaired) electrons. The summed E-state index contributed by atoms with van der Waals surface area (Å²) in [4.78, 5) is 1.30. The van der Waals surface area contributed by atoms with Gasteiger partial charge in [-0.05, 0) is 24.4 Å². The van der Waals surface area contributed by atoms with Gasteiger partial charge in [-0.15, -0.1) is 11.3 Å². The second kappa shape index (κ2) is 7.53. The van der Waals surface area contributed by atoms with E-state index in [1.807, 2.05) is 6.07 Å². The molecule has 0 fully saturated rings. The monoisotopic (exact) mass is 349 g/mol. The molecule has 1 atom stereocenters. The van der Waals surface area contributed by atoms with Crippen molar-refractivity contribution in [1.82, 2.24) is 5.32 Å². The van der Waals surface area contributed by atoms with Crippen LogP contribution in [0.5, 0.6) is 5.75 Å². The summed E-state index contributed by atoms with van der Waals surface area (Å²) in [6.45, 7) is 3.35. The van der Waals surface area contributed by atoms with Gasteiger partial charge in [0.2, 0.25) is 0 Å². The van der Waals surface area contributed by atoms with Gasteiger partial charge in [-0.2, -0.15) is 0 Å². The minimum Gasteiger partial charge on any atom is -0.491 e.